The minimum Gasteiger partial charge on any atom is -0.398 e. The summed E-state index contributed by atoms with van der Waals surface area (Å²) in [4.78, 5) is 3.84. The van der Waals surface area contributed by atoms with Crippen molar-refractivity contribution in [2.75, 3.05) is 5.73 Å². The lowest BCUT2D eigenvalue weighted by Gasteiger charge is -2.16. The number of nitrogens with two attached hydrogens (primary N) is 1. The van der Waals surface area contributed by atoms with Crippen LogP contribution in [0.5, 0.6) is 0 Å². The van der Waals surface area contributed by atoms with Crippen molar-refractivity contribution in [1.29, 1.82) is 0 Å². The molecule has 1 aromatic rings. The molecule has 0 aromatic carbocycles. The molecule has 5 nitrogen and oxygen atoms in total. The summed E-state index contributed by atoms with van der Waals surface area (Å²) in [5.74, 6) is 0. The van der Waals surface area contributed by atoms with Crippen LogP contribution >= 0.6 is 0 Å². The minimum atomic E-state index is -3.56. The van der Waals surface area contributed by atoms with Crippen LogP contribution in [0.3, 0.4) is 0 Å². The van der Waals surface area contributed by atoms with Gasteiger partial charge in [0.2, 0.25) is 10.0 Å². The number of nitrogen functional groups attached to an aromatic ring is 1. The lowest BCUT2D eigenvalue weighted by molar-refractivity contribution is 0.512. The fourth-order valence-electron chi connectivity index (χ4n) is 1.59. The number of aromatic nitrogens is 1. The summed E-state index contributed by atoms with van der Waals surface area (Å²) in [6, 6.07) is 1.43. The van der Waals surface area contributed by atoms with Crippen molar-refractivity contribution in [2.45, 2.75) is 44.0 Å². The average Bonchev–Trinajstić information content (AvgIpc) is 2.28. The van der Waals surface area contributed by atoms with Gasteiger partial charge in [0.15, 0.2) is 0 Å². The van der Waals surface area contributed by atoms with Gasteiger partial charge >= 0.3 is 0 Å². The zero-order chi connectivity index (χ0) is 12.9. The Morgan fingerprint density at radius 1 is 1.47 bits per heavy atom. The van der Waals surface area contributed by atoms with Crippen LogP contribution in [-0.2, 0) is 10.0 Å². The lowest BCUT2D eigenvalue weighted by atomic mass is 10.1. The van der Waals surface area contributed by atoms with E-state index in [0.29, 0.717) is 0 Å². The molecular formula is C11H19N3O2S. The van der Waals surface area contributed by atoms with E-state index >= 15 is 0 Å². The SMILES string of the molecule is CCCC(CC)NS(=O)(=O)c1cnccc1N. The van der Waals surface area contributed by atoms with Crippen LogP contribution in [0.2, 0.25) is 0 Å². The van der Waals surface area contributed by atoms with Crippen LogP contribution in [0.1, 0.15) is 33.1 Å². The highest BCUT2D eigenvalue weighted by Crippen LogP contribution is 2.17. The Morgan fingerprint density at radius 2 is 2.18 bits per heavy atom. The number of nitrogens with zero attached hydrogens (tertiary/aromatic N) is 1. The van der Waals surface area contributed by atoms with Crippen molar-refractivity contribution in [3.8, 4) is 0 Å². The number of pyridine rings is 1. The van der Waals surface area contributed by atoms with Crippen molar-refractivity contribution in [3.63, 3.8) is 0 Å². The van der Waals surface area contributed by atoms with Crippen molar-refractivity contribution < 1.29 is 8.42 Å². The molecule has 0 aliphatic heterocycles. The largest absolute Gasteiger partial charge is 0.398 e. The smallest absolute Gasteiger partial charge is 0.244 e. The van der Waals surface area contributed by atoms with Crippen LogP contribution in [0, 0.1) is 0 Å². The molecule has 1 heterocycles. The Bertz CT molecular complexity index is 460. The van der Waals surface area contributed by atoms with Gasteiger partial charge in [-0.1, -0.05) is 20.3 Å². The first-order valence-electron chi connectivity index (χ1n) is 5.73. The number of rotatable bonds is 6. The fourth-order valence-corrected chi connectivity index (χ4v) is 3.02. The second-order valence-electron chi connectivity index (χ2n) is 3.93. The summed E-state index contributed by atoms with van der Waals surface area (Å²) in [5.41, 5.74) is 5.86. The third kappa shape index (κ3) is 3.67. The maximum Gasteiger partial charge on any atom is 0.244 e. The average molecular weight is 257 g/mol. The first kappa shape index (κ1) is 13.9. The summed E-state index contributed by atoms with van der Waals surface area (Å²) in [6.07, 6.45) is 5.25. The standard InChI is InChI=1S/C11H19N3O2S/c1-3-5-9(4-2)14-17(15,16)11-8-13-7-6-10(11)12/h6-9,14H,3-5H2,1-2H3,(H2,12,13). The van der Waals surface area contributed by atoms with E-state index in [1.165, 1.54) is 18.5 Å². The Balaban J connectivity index is 2.92. The molecule has 0 spiro atoms. The third-order valence-corrected chi connectivity index (χ3v) is 4.12. The molecule has 0 aliphatic carbocycles. The first-order chi connectivity index (χ1) is 8.01. The van der Waals surface area contributed by atoms with Gasteiger partial charge in [-0.15, -0.1) is 0 Å². The Kier molecular flexibility index (Phi) is 4.89. The van der Waals surface area contributed by atoms with Crippen LogP contribution in [0.15, 0.2) is 23.4 Å². The highest BCUT2D eigenvalue weighted by atomic mass is 32.2. The second-order valence-corrected chi connectivity index (χ2v) is 5.61. The van der Waals surface area contributed by atoms with Gasteiger partial charge in [-0.25, -0.2) is 13.1 Å². The summed E-state index contributed by atoms with van der Waals surface area (Å²) in [5, 5.41) is 0. The molecule has 0 amide bonds. The Morgan fingerprint density at radius 3 is 2.71 bits per heavy atom. The van der Waals surface area contributed by atoms with Crippen molar-refractivity contribution in [1.82, 2.24) is 9.71 Å². The first-order valence-corrected chi connectivity index (χ1v) is 7.21. The molecule has 0 saturated carbocycles. The van der Waals surface area contributed by atoms with Gasteiger partial charge in [-0.2, -0.15) is 0 Å². The van der Waals surface area contributed by atoms with Crippen LogP contribution in [-0.4, -0.2) is 19.4 Å². The number of hydrogen-bond donors (Lipinski definition) is 2. The van der Waals surface area contributed by atoms with Crippen molar-refractivity contribution >= 4 is 15.7 Å². The number of anilines is 1. The van der Waals surface area contributed by atoms with Crippen LogP contribution in [0.25, 0.3) is 0 Å². The molecule has 0 saturated heterocycles. The molecule has 1 aromatic heterocycles. The van der Waals surface area contributed by atoms with Crippen molar-refractivity contribution in [3.05, 3.63) is 18.5 Å². The molecule has 6 heteroatoms. The lowest BCUT2D eigenvalue weighted by Crippen LogP contribution is -2.34. The van der Waals surface area contributed by atoms with Crippen LogP contribution in [0.4, 0.5) is 5.69 Å². The van der Waals surface area contributed by atoms with Gasteiger partial charge in [0.1, 0.15) is 4.90 Å². The molecular weight excluding hydrogens is 238 g/mol. The number of hydrogen-bond acceptors (Lipinski definition) is 4. The topological polar surface area (TPSA) is 85.1 Å². The summed E-state index contributed by atoms with van der Waals surface area (Å²) >= 11 is 0. The van der Waals surface area contributed by atoms with Gasteiger partial charge in [0.25, 0.3) is 0 Å². The van der Waals surface area contributed by atoms with Crippen molar-refractivity contribution in [2.24, 2.45) is 0 Å². The highest BCUT2D eigenvalue weighted by molar-refractivity contribution is 7.89. The van der Waals surface area contributed by atoms with E-state index in [2.05, 4.69) is 9.71 Å². The van der Waals surface area contributed by atoms with Gasteiger partial charge in [0, 0.05) is 18.4 Å². The number of sulfonamides is 1. The predicted octanol–water partition coefficient (Wildman–Crippen LogP) is 1.52. The molecule has 0 bridgehead atoms. The quantitative estimate of drug-likeness (QED) is 0.809. The zero-order valence-corrected chi connectivity index (χ0v) is 11.0. The monoisotopic (exact) mass is 257 g/mol. The van der Waals surface area contributed by atoms with Gasteiger partial charge in [-0.3, -0.25) is 4.98 Å². The van der Waals surface area contributed by atoms with E-state index < -0.39 is 10.0 Å². The summed E-state index contributed by atoms with van der Waals surface area (Å²) in [6.45, 7) is 3.98. The van der Waals surface area contributed by atoms with Crippen LogP contribution < -0.4 is 10.5 Å². The third-order valence-electron chi connectivity index (χ3n) is 2.56. The summed E-state index contributed by atoms with van der Waals surface area (Å²) < 4.78 is 26.8. The minimum absolute atomic E-state index is 0.0505. The molecule has 0 fully saturated rings. The van der Waals surface area contributed by atoms with Gasteiger partial charge in [-0.05, 0) is 18.9 Å². The molecule has 1 rings (SSSR count). The molecule has 1 unspecified atom stereocenters. The van der Waals surface area contributed by atoms with E-state index in [-0.39, 0.29) is 16.6 Å². The maximum atomic E-state index is 12.1. The molecule has 3 N–H and O–H groups in total. The van der Waals surface area contributed by atoms with E-state index in [4.69, 9.17) is 5.73 Å². The Labute approximate surface area is 102 Å². The highest BCUT2D eigenvalue weighted by Gasteiger charge is 2.20. The molecule has 0 radical (unpaired) electrons. The van der Waals surface area contributed by atoms with E-state index in [1.54, 1.807) is 0 Å². The molecule has 1 atom stereocenters. The Hall–Kier alpha value is -1.14. The van der Waals surface area contributed by atoms with E-state index in [0.717, 1.165) is 19.3 Å². The maximum absolute atomic E-state index is 12.1. The van der Waals surface area contributed by atoms with Gasteiger partial charge < -0.3 is 5.73 Å². The molecule has 0 aliphatic rings. The predicted molar refractivity (Wildman–Crippen MR) is 68.0 cm³/mol. The van der Waals surface area contributed by atoms with Gasteiger partial charge in [0.05, 0.1) is 5.69 Å². The normalized spacial score (nSPS) is 13.5. The zero-order valence-electron chi connectivity index (χ0n) is 10.2. The molecule has 17 heavy (non-hydrogen) atoms. The second kappa shape index (κ2) is 5.97. The molecule has 96 valence electrons. The fraction of sp³-hybridized carbons (Fsp3) is 0.545. The number of nitrogens with one attached hydrogen (secondary N) is 1. The van der Waals surface area contributed by atoms with E-state index in [1.807, 2.05) is 13.8 Å². The van der Waals surface area contributed by atoms with E-state index in [9.17, 15) is 8.42 Å². The summed E-state index contributed by atoms with van der Waals surface area (Å²) in [7, 11) is -3.56.